The van der Waals surface area contributed by atoms with Crippen molar-refractivity contribution in [1.82, 2.24) is 10.3 Å². The quantitative estimate of drug-likeness (QED) is 0.829. The average molecular weight is 259 g/mol. The summed E-state index contributed by atoms with van der Waals surface area (Å²) in [5.74, 6) is -0.255. The van der Waals surface area contributed by atoms with Crippen LogP contribution in [0, 0.1) is 0 Å². The Hall–Kier alpha value is -0.800. The second-order valence-corrected chi connectivity index (χ2v) is 5.13. The van der Waals surface area contributed by atoms with Gasteiger partial charge in [-0.2, -0.15) is 0 Å². The van der Waals surface area contributed by atoms with E-state index in [1.807, 2.05) is 6.92 Å². The number of aromatic nitrogens is 1. The van der Waals surface area contributed by atoms with Crippen molar-refractivity contribution in [2.24, 2.45) is 0 Å². The van der Waals surface area contributed by atoms with Crippen LogP contribution >= 0.6 is 23.2 Å². The van der Waals surface area contributed by atoms with Gasteiger partial charge in [0.2, 0.25) is 0 Å². The van der Waals surface area contributed by atoms with Crippen LogP contribution in [0.25, 0.3) is 0 Å². The van der Waals surface area contributed by atoms with Gasteiger partial charge in [-0.15, -0.1) is 0 Å². The molecular weight excluding hydrogens is 247 g/mol. The first-order valence-electron chi connectivity index (χ1n) is 5.15. The highest BCUT2D eigenvalue weighted by Gasteiger charge is 2.34. The fourth-order valence-electron chi connectivity index (χ4n) is 1.74. The number of amides is 1. The fourth-order valence-corrected chi connectivity index (χ4v) is 2.08. The Morgan fingerprint density at radius 1 is 1.44 bits per heavy atom. The van der Waals surface area contributed by atoms with Crippen LogP contribution in [-0.4, -0.2) is 16.4 Å². The normalized spacial score (nSPS) is 17.7. The first kappa shape index (κ1) is 11.7. The van der Waals surface area contributed by atoms with Gasteiger partial charge >= 0.3 is 0 Å². The van der Waals surface area contributed by atoms with E-state index < -0.39 is 0 Å². The lowest BCUT2D eigenvalue weighted by Crippen LogP contribution is -2.51. The summed E-state index contributed by atoms with van der Waals surface area (Å²) in [6.45, 7) is 2.02. The van der Waals surface area contributed by atoms with Crippen LogP contribution in [0.2, 0.25) is 10.2 Å². The molecule has 0 radical (unpaired) electrons. The molecule has 1 N–H and O–H groups in total. The monoisotopic (exact) mass is 258 g/mol. The summed E-state index contributed by atoms with van der Waals surface area (Å²) < 4.78 is 0. The number of pyridine rings is 1. The summed E-state index contributed by atoms with van der Waals surface area (Å²) in [6, 6.07) is 3.14. The van der Waals surface area contributed by atoms with Crippen LogP contribution in [0.3, 0.4) is 0 Å². The standard InChI is InChI=1S/C11H12Cl2N2O/c1-11(5-2-6-11)15-10(16)9-7(12)3-4-8(13)14-9/h3-4H,2,5-6H2,1H3,(H,15,16). The fraction of sp³-hybridized carbons (Fsp3) is 0.455. The van der Waals surface area contributed by atoms with Crippen molar-refractivity contribution in [3.05, 3.63) is 28.0 Å². The maximum Gasteiger partial charge on any atom is 0.271 e. The molecule has 0 aliphatic heterocycles. The number of halogens is 2. The second-order valence-electron chi connectivity index (χ2n) is 4.33. The van der Waals surface area contributed by atoms with Crippen molar-refractivity contribution in [3.8, 4) is 0 Å². The number of rotatable bonds is 2. The SMILES string of the molecule is CC1(NC(=O)c2nc(Cl)ccc2Cl)CCC1. The molecule has 1 aromatic rings. The predicted octanol–water partition coefficient (Wildman–Crippen LogP) is 3.06. The summed E-state index contributed by atoms with van der Waals surface area (Å²) in [5, 5.41) is 3.53. The van der Waals surface area contributed by atoms with Crippen LogP contribution in [0.15, 0.2) is 12.1 Å². The van der Waals surface area contributed by atoms with Gasteiger partial charge in [0.15, 0.2) is 0 Å². The lowest BCUT2D eigenvalue weighted by molar-refractivity contribution is 0.0845. The maximum absolute atomic E-state index is 11.9. The molecule has 16 heavy (non-hydrogen) atoms. The van der Waals surface area contributed by atoms with E-state index in [1.54, 1.807) is 12.1 Å². The minimum absolute atomic E-state index is 0.107. The molecule has 1 aromatic heterocycles. The van der Waals surface area contributed by atoms with Gasteiger partial charge in [-0.3, -0.25) is 4.79 Å². The summed E-state index contributed by atoms with van der Waals surface area (Å²) in [5.41, 5.74) is 0.0898. The first-order valence-corrected chi connectivity index (χ1v) is 5.90. The number of nitrogens with one attached hydrogen (secondary N) is 1. The van der Waals surface area contributed by atoms with Crippen LogP contribution < -0.4 is 5.32 Å². The molecule has 0 aromatic carbocycles. The van der Waals surface area contributed by atoms with Gasteiger partial charge < -0.3 is 5.32 Å². The number of carbonyl (C=O) groups excluding carboxylic acids is 1. The topological polar surface area (TPSA) is 42.0 Å². The minimum Gasteiger partial charge on any atom is -0.345 e. The van der Waals surface area contributed by atoms with E-state index in [2.05, 4.69) is 10.3 Å². The largest absolute Gasteiger partial charge is 0.345 e. The van der Waals surface area contributed by atoms with E-state index in [0.29, 0.717) is 5.02 Å². The highest BCUT2D eigenvalue weighted by Crippen LogP contribution is 2.31. The van der Waals surface area contributed by atoms with Crippen molar-refractivity contribution < 1.29 is 4.79 Å². The lowest BCUT2D eigenvalue weighted by Gasteiger charge is -2.39. The summed E-state index contributed by atoms with van der Waals surface area (Å²) >= 11 is 11.6. The van der Waals surface area contributed by atoms with E-state index in [9.17, 15) is 4.79 Å². The van der Waals surface area contributed by atoms with E-state index in [-0.39, 0.29) is 22.3 Å². The molecule has 0 unspecified atom stereocenters. The Balaban J connectivity index is 2.17. The molecule has 2 rings (SSSR count). The van der Waals surface area contributed by atoms with E-state index >= 15 is 0 Å². The van der Waals surface area contributed by atoms with Crippen molar-refractivity contribution in [3.63, 3.8) is 0 Å². The predicted molar refractivity (Wildman–Crippen MR) is 64.0 cm³/mol. The Morgan fingerprint density at radius 2 is 2.12 bits per heavy atom. The molecule has 1 fully saturated rings. The van der Waals surface area contributed by atoms with Crippen molar-refractivity contribution in [2.45, 2.75) is 31.7 Å². The number of nitrogens with zero attached hydrogens (tertiary/aromatic N) is 1. The summed E-state index contributed by atoms with van der Waals surface area (Å²) in [6.07, 6.45) is 3.14. The average Bonchev–Trinajstić information content (AvgIpc) is 2.19. The van der Waals surface area contributed by atoms with Gasteiger partial charge in [0.25, 0.3) is 5.91 Å². The zero-order valence-electron chi connectivity index (χ0n) is 8.89. The third kappa shape index (κ3) is 2.30. The van der Waals surface area contributed by atoms with E-state index in [1.165, 1.54) is 0 Å². The molecule has 0 saturated heterocycles. The Labute approximate surface area is 104 Å². The van der Waals surface area contributed by atoms with E-state index in [0.717, 1.165) is 19.3 Å². The first-order chi connectivity index (χ1) is 7.50. The second kappa shape index (κ2) is 4.22. The van der Waals surface area contributed by atoms with Gasteiger partial charge in [-0.05, 0) is 38.3 Å². The van der Waals surface area contributed by atoms with Crippen LogP contribution in [0.1, 0.15) is 36.7 Å². The number of carbonyl (C=O) groups is 1. The molecule has 1 aliphatic rings. The molecule has 0 atom stereocenters. The smallest absolute Gasteiger partial charge is 0.271 e. The summed E-state index contributed by atoms with van der Waals surface area (Å²) in [4.78, 5) is 15.8. The third-order valence-electron chi connectivity index (χ3n) is 2.90. The maximum atomic E-state index is 11.9. The Bertz CT molecular complexity index is 430. The van der Waals surface area contributed by atoms with Crippen LogP contribution in [-0.2, 0) is 0 Å². The van der Waals surface area contributed by atoms with Crippen LogP contribution in [0.4, 0.5) is 0 Å². The Kier molecular flexibility index (Phi) is 3.08. The molecule has 0 bridgehead atoms. The molecule has 0 spiro atoms. The van der Waals surface area contributed by atoms with E-state index in [4.69, 9.17) is 23.2 Å². The molecule has 3 nitrogen and oxygen atoms in total. The summed E-state index contributed by atoms with van der Waals surface area (Å²) in [7, 11) is 0. The number of hydrogen-bond donors (Lipinski definition) is 1. The van der Waals surface area contributed by atoms with Crippen molar-refractivity contribution >= 4 is 29.1 Å². The molecule has 1 heterocycles. The number of hydrogen-bond acceptors (Lipinski definition) is 2. The third-order valence-corrected chi connectivity index (χ3v) is 3.42. The van der Waals surface area contributed by atoms with Crippen molar-refractivity contribution in [1.29, 1.82) is 0 Å². The van der Waals surface area contributed by atoms with Gasteiger partial charge in [-0.25, -0.2) is 4.98 Å². The highest BCUT2D eigenvalue weighted by atomic mass is 35.5. The zero-order valence-corrected chi connectivity index (χ0v) is 10.4. The van der Waals surface area contributed by atoms with Crippen LogP contribution in [0.5, 0.6) is 0 Å². The molecular formula is C11H12Cl2N2O. The van der Waals surface area contributed by atoms with Gasteiger partial charge in [0, 0.05) is 5.54 Å². The zero-order chi connectivity index (χ0) is 11.8. The molecule has 86 valence electrons. The highest BCUT2D eigenvalue weighted by molar-refractivity contribution is 6.34. The van der Waals surface area contributed by atoms with Gasteiger partial charge in [0.05, 0.1) is 5.02 Å². The molecule has 1 amide bonds. The lowest BCUT2D eigenvalue weighted by atomic mass is 9.78. The molecule has 1 aliphatic carbocycles. The van der Waals surface area contributed by atoms with Gasteiger partial charge in [-0.1, -0.05) is 23.2 Å². The minimum atomic E-state index is -0.255. The Morgan fingerprint density at radius 3 is 2.69 bits per heavy atom. The molecule has 5 heteroatoms. The van der Waals surface area contributed by atoms with Crippen molar-refractivity contribution in [2.75, 3.05) is 0 Å². The molecule has 1 saturated carbocycles. The van der Waals surface area contributed by atoms with Gasteiger partial charge in [0.1, 0.15) is 10.8 Å².